The van der Waals surface area contributed by atoms with Gasteiger partial charge in [-0.1, -0.05) is 59.9 Å². The molecule has 0 aliphatic heterocycles. The maximum absolute atomic E-state index is 5.64. The van der Waals surface area contributed by atoms with Crippen LogP contribution in [0.1, 0.15) is 0 Å². The molecule has 0 atom stereocenters. The average molecular weight is 369 g/mol. The van der Waals surface area contributed by atoms with E-state index < -0.39 is 0 Å². The molecule has 3 aromatic rings. The van der Waals surface area contributed by atoms with Gasteiger partial charge in [-0.05, 0) is 54.7 Å². The molecule has 0 unspecified atom stereocenters. The molecule has 0 fully saturated rings. The lowest BCUT2D eigenvalue weighted by atomic mass is 10.3. The molecule has 0 saturated heterocycles. The minimum atomic E-state index is 0.271. The number of thiocarbonyl (C=S) groups is 1. The van der Waals surface area contributed by atoms with E-state index in [0.29, 0.717) is 0 Å². The van der Waals surface area contributed by atoms with E-state index in [2.05, 4.69) is 47.8 Å². The van der Waals surface area contributed by atoms with E-state index in [0.717, 1.165) is 15.5 Å². The highest BCUT2D eigenvalue weighted by atomic mass is 32.2. The van der Waals surface area contributed by atoms with Crippen molar-refractivity contribution in [3.8, 4) is 0 Å². The summed E-state index contributed by atoms with van der Waals surface area (Å²) in [5.41, 5.74) is 6.54. The van der Waals surface area contributed by atoms with E-state index in [1.807, 2.05) is 36.4 Å². The highest BCUT2D eigenvalue weighted by molar-refractivity contribution is 8.00. The van der Waals surface area contributed by atoms with Crippen LogP contribution >= 0.6 is 35.7 Å². The molecular formula is C19H16N2S3. The Morgan fingerprint density at radius 3 is 1.58 bits per heavy atom. The molecule has 0 aliphatic rings. The van der Waals surface area contributed by atoms with Gasteiger partial charge in [0.1, 0.15) is 0 Å². The first-order valence-corrected chi connectivity index (χ1v) is 9.40. The second-order valence-electron chi connectivity index (χ2n) is 5.01. The summed E-state index contributed by atoms with van der Waals surface area (Å²) in [6, 6.07) is 26.9. The first-order valence-electron chi connectivity index (χ1n) is 7.36. The average Bonchev–Trinajstić information content (AvgIpc) is 2.56. The molecule has 0 aromatic heterocycles. The monoisotopic (exact) mass is 368 g/mol. The van der Waals surface area contributed by atoms with Crippen LogP contribution < -0.4 is 11.1 Å². The second kappa shape index (κ2) is 8.24. The number of rotatable bonds is 5. The molecule has 3 rings (SSSR count). The van der Waals surface area contributed by atoms with Gasteiger partial charge in [-0.15, -0.1) is 0 Å². The molecule has 0 spiro atoms. The molecule has 3 N–H and O–H groups in total. The number of anilines is 1. The smallest absolute Gasteiger partial charge is 0.168 e. The second-order valence-corrected chi connectivity index (χ2v) is 7.75. The molecular weight excluding hydrogens is 352 g/mol. The van der Waals surface area contributed by atoms with Crippen molar-refractivity contribution >= 4 is 46.5 Å². The Bertz CT molecular complexity index is 761. The summed E-state index contributed by atoms with van der Waals surface area (Å²) in [6.07, 6.45) is 0. The Morgan fingerprint density at radius 1 is 0.708 bits per heavy atom. The van der Waals surface area contributed by atoms with Crippen LogP contribution in [0.5, 0.6) is 0 Å². The first-order chi connectivity index (χ1) is 11.7. The molecule has 0 saturated carbocycles. The maximum Gasteiger partial charge on any atom is 0.168 e. The Kier molecular flexibility index (Phi) is 5.80. The summed E-state index contributed by atoms with van der Waals surface area (Å²) < 4.78 is 0. The lowest BCUT2D eigenvalue weighted by molar-refractivity contribution is 1.31. The van der Waals surface area contributed by atoms with Crippen molar-refractivity contribution in [1.82, 2.24) is 0 Å². The normalized spacial score (nSPS) is 10.3. The van der Waals surface area contributed by atoms with Gasteiger partial charge in [-0.3, -0.25) is 0 Å². The highest BCUT2D eigenvalue weighted by Gasteiger charge is 2.06. The van der Waals surface area contributed by atoms with Gasteiger partial charge in [-0.2, -0.15) is 0 Å². The van der Waals surface area contributed by atoms with Crippen LogP contribution in [0.3, 0.4) is 0 Å². The fourth-order valence-electron chi connectivity index (χ4n) is 2.15. The summed E-state index contributed by atoms with van der Waals surface area (Å²) in [4.78, 5) is 4.67. The molecule has 24 heavy (non-hydrogen) atoms. The summed E-state index contributed by atoms with van der Waals surface area (Å²) in [7, 11) is 0. The van der Waals surface area contributed by atoms with Gasteiger partial charge in [0, 0.05) is 25.3 Å². The van der Waals surface area contributed by atoms with Gasteiger partial charge in [0.15, 0.2) is 5.11 Å². The topological polar surface area (TPSA) is 38.0 Å². The van der Waals surface area contributed by atoms with E-state index in [4.69, 9.17) is 18.0 Å². The van der Waals surface area contributed by atoms with Gasteiger partial charge in [0.2, 0.25) is 0 Å². The van der Waals surface area contributed by atoms with Crippen LogP contribution in [0.15, 0.2) is 98.4 Å². The van der Waals surface area contributed by atoms with Gasteiger partial charge in [-0.25, -0.2) is 0 Å². The summed E-state index contributed by atoms with van der Waals surface area (Å²) in [5.74, 6) is 0. The number of hydrogen-bond acceptors (Lipinski definition) is 3. The van der Waals surface area contributed by atoms with Crippen molar-refractivity contribution in [3.63, 3.8) is 0 Å². The van der Waals surface area contributed by atoms with E-state index in [1.54, 1.807) is 23.5 Å². The molecule has 0 heterocycles. The van der Waals surface area contributed by atoms with Crippen molar-refractivity contribution in [2.24, 2.45) is 5.73 Å². The SMILES string of the molecule is NC(=S)Nc1cc(Sc2ccccc2)cc(Sc2ccccc2)c1. The Balaban J connectivity index is 1.89. The molecule has 120 valence electrons. The van der Waals surface area contributed by atoms with E-state index in [-0.39, 0.29) is 5.11 Å². The zero-order valence-electron chi connectivity index (χ0n) is 12.8. The number of nitrogens with one attached hydrogen (secondary N) is 1. The van der Waals surface area contributed by atoms with Crippen LogP contribution in [0, 0.1) is 0 Å². The summed E-state index contributed by atoms with van der Waals surface area (Å²) in [5, 5.41) is 3.31. The Hall–Kier alpha value is -1.95. The van der Waals surface area contributed by atoms with Gasteiger partial charge < -0.3 is 11.1 Å². The lowest BCUT2D eigenvalue weighted by Crippen LogP contribution is -2.18. The van der Waals surface area contributed by atoms with Crippen LogP contribution in [-0.4, -0.2) is 5.11 Å². The highest BCUT2D eigenvalue weighted by Crippen LogP contribution is 2.36. The predicted molar refractivity (Wildman–Crippen MR) is 108 cm³/mol. The molecule has 3 aromatic carbocycles. The van der Waals surface area contributed by atoms with E-state index in [9.17, 15) is 0 Å². The number of nitrogens with two attached hydrogens (primary N) is 1. The van der Waals surface area contributed by atoms with Crippen molar-refractivity contribution in [2.75, 3.05) is 5.32 Å². The largest absolute Gasteiger partial charge is 0.376 e. The first kappa shape index (κ1) is 16.9. The quantitative estimate of drug-likeness (QED) is 0.570. The standard InChI is InChI=1S/C19H16N2S3/c20-19(22)21-14-11-17(23-15-7-3-1-4-8-15)13-18(12-14)24-16-9-5-2-6-10-16/h1-13H,(H3,20,21,22). The van der Waals surface area contributed by atoms with Crippen molar-refractivity contribution in [2.45, 2.75) is 19.6 Å². The van der Waals surface area contributed by atoms with Crippen molar-refractivity contribution < 1.29 is 0 Å². The summed E-state index contributed by atoms with van der Waals surface area (Å²) >= 11 is 8.41. The predicted octanol–water partition coefficient (Wildman–Crippen LogP) is 5.64. The molecule has 0 aliphatic carbocycles. The number of benzene rings is 3. The zero-order valence-corrected chi connectivity index (χ0v) is 15.3. The Morgan fingerprint density at radius 2 is 1.17 bits per heavy atom. The van der Waals surface area contributed by atoms with E-state index >= 15 is 0 Å². The minimum Gasteiger partial charge on any atom is -0.376 e. The van der Waals surface area contributed by atoms with Crippen LogP contribution in [-0.2, 0) is 0 Å². The fourth-order valence-corrected chi connectivity index (χ4v) is 4.22. The van der Waals surface area contributed by atoms with Crippen LogP contribution in [0.4, 0.5) is 5.69 Å². The third kappa shape index (κ3) is 5.03. The molecule has 5 heteroatoms. The zero-order chi connectivity index (χ0) is 16.8. The van der Waals surface area contributed by atoms with Crippen LogP contribution in [0.25, 0.3) is 0 Å². The van der Waals surface area contributed by atoms with Crippen LogP contribution in [0.2, 0.25) is 0 Å². The van der Waals surface area contributed by atoms with Gasteiger partial charge in [0.05, 0.1) is 0 Å². The van der Waals surface area contributed by atoms with Gasteiger partial charge >= 0.3 is 0 Å². The molecule has 0 radical (unpaired) electrons. The van der Waals surface area contributed by atoms with E-state index in [1.165, 1.54) is 9.79 Å². The maximum atomic E-state index is 5.64. The van der Waals surface area contributed by atoms with Crippen molar-refractivity contribution in [3.05, 3.63) is 78.9 Å². The Labute approximate surface area is 155 Å². The third-order valence-electron chi connectivity index (χ3n) is 3.11. The molecule has 0 bridgehead atoms. The minimum absolute atomic E-state index is 0.271. The fraction of sp³-hybridized carbons (Fsp3) is 0. The van der Waals surface area contributed by atoms with Gasteiger partial charge in [0.25, 0.3) is 0 Å². The van der Waals surface area contributed by atoms with Crippen molar-refractivity contribution in [1.29, 1.82) is 0 Å². The number of hydrogen-bond donors (Lipinski definition) is 2. The lowest BCUT2D eigenvalue weighted by Gasteiger charge is -2.11. The molecule has 0 amide bonds. The molecule has 2 nitrogen and oxygen atoms in total. The third-order valence-corrected chi connectivity index (χ3v) is 5.17. The summed E-state index contributed by atoms with van der Waals surface area (Å²) in [6.45, 7) is 0.